The first kappa shape index (κ1) is 13.4. The van der Waals surface area contributed by atoms with Gasteiger partial charge < -0.3 is 5.73 Å². The summed E-state index contributed by atoms with van der Waals surface area (Å²) >= 11 is 0. The van der Waals surface area contributed by atoms with Gasteiger partial charge in [0.1, 0.15) is 0 Å². The molecule has 1 heteroatoms. The number of allylic oxidation sites excluding steroid dienone is 2. The van der Waals surface area contributed by atoms with E-state index < -0.39 is 0 Å². The van der Waals surface area contributed by atoms with Crippen molar-refractivity contribution in [3.05, 3.63) is 41.0 Å². The first-order valence-electron chi connectivity index (χ1n) is 7.24. The first-order valence-corrected chi connectivity index (χ1v) is 7.24. The second kappa shape index (κ2) is 6.19. The predicted molar refractivity (Wildman–Crippen MR) is 79.6 cm³/mol. The first-order chi connectivity index (χ1) is 8.72. The molecule has 2 rings (SSSR count). The molecule has 0 bridgehead atoms. The number of rotatable bonds is 5. The monoisotopic (exact) mass is 243 g/mol. The van der Waals surface area contributed by atoms with Crippen molar-refractivity contribution in [1.29, 1.82) is 0 Å². The average Bonchev–Trinajstić information content (AvgIpc) is 2.81. The van der Waals surface area contributed by atoms with E-state index >= 15 is 0 Å². The molecule has 0 radical (unpaired) electrons. The summed E-state index contributed by atoms with van der Waals surface area (Å²) in [6.07, 6.45) is 8.42. The molecule has 0 fully saturated rings. The van der Waals surface area contributed by atoms with Crippen LogP contribution in [0.4, 0.5) is 0 Å². The summed E-state index contributed by atoms with van der Waals surface area (Å²) in [5.74, 6) is 0.585. The summed E-state index contributed by atoms with van der Waals surface area (Å²) in [6, 6.07) is 7.05. The lowest BCUT2D eigenvalue weighted by molar-refractivity contribution is 0.823. The minimum Gasteiger partial charge on any atom is -0.330 e. The predicted octanol–water partition coefficient (Wildman–Crippen LogP) is 3.95. The molecule has 0 saturated heterocycles. The van der Waals surface area contributed by atoms with Crippen molar-refractivity contribution in [1.82, 2.24) is 0 Å². The largest absolute Gasteiger partial charge is 0.330 e. The van der Waals surface area contributed by atoms with Crippen molar-refractivity contribution in [2.75, 3.05) is 6.54 Å². The molecular weight excluding hydrogens is 218 g/mol. The maximum Gasteiger partial charge on any atom is -0.00743 e. The molecule has 0 saturated carbocycles. The van der Waals surface area contributed by atoms with Gasteiger partial charge in [0.05, 0.1) is 0 Å². The third kappa shape index (κ3) is 3.02. The number of fused-ring (bicyclic) bond motifs is 1. The van der Waals surface area contributed by atoms with Crippen molar-refractivity contribution >= 4 is 5.57 Å². The van der Waals surface area contributed by atoms with E-state index in [1.165, 1.54) is 30.4 Å². The Morgan fingerprint density at radius 3 is 2.78 bits per heavy atom. The van der Waals surface area contributed by atoms with Gasteiger partial charge in [-0.1, -0.05) is 38.1 Å². The standard InChI is InChI=1S/C17H25N/c1-13(2)17(8-3-4-11-18)16-10-9-14-6-5-7-15(14)12-16/h8-10,12-13H,3-7,11,18H2,1-2H3/b17-8+. The molecule has 1 aliphatic rings. The molecule has 2 N–H and O–H groups in total. The summed E-state index contributed by atoms with van der Waals surface area (Å²) in [4.78, 5) is 0. The van der Waals surface area contributed by atoms with E-state index in [0.717, 1.165) is 19.4 Å². The van der Waals surface area contributed by atoms with Crippen LogP contribution in [0.25, 0.3) is 5.57 Å². The molecule has 0 amide bonds. The van der Waals surface area contributed by atoms with E-state index in [-0.39, 0.29) is 0 Å². The highest BCUT2D eigenvalue weighted by Crippen LogP contribution is 2.29. The van der Waals surface area contributed by atoms with Gasteiger partial charge in [-0.15, -0.1) is 0 Å². The fourth-order valence-electron chi connectivity index (χ4n) is 2.81. The average molecular weight is 243 g/mol. The SMILES string of the molecule is CC(C)/C(=C\CCCN)c1ccc2c(c1)CCC2. The Hall–Kier alpha value is -1.08. The highest BCUT2D eigenvalue weighted by molar-refractivity contribution is 5.68. The Morgan fingerprint density at radius 1 is 1.28 bits per heavy atom. The minimum atomic E-state index is 0.585. The number of aryl methyl sites for hydroxylation is 2. The number of hydrogen-bond donors (Lipinski definition) is 1. The van der Waals surface area contributed by atoms with E-state index in [9.17, 15) is 0 Å². The van der Waals surface area contributed by atoms with Crippen LogP contribution >= 0.6 is 0 Å². The van der Waals surface area contributed by atoms with E-state index in [1.54, 1.807) is 11.1 Å². The van der Waals surface area contributed by atoms with E-state index in [2.05, 4.69) is 38.1 Å². The Bertz CT molecular complexity index is 429. The normalized spacial score (nSPS) is 15.2. The Morgan fingerprint density at radius 2 is 2.06 bits per heavy atom. The van der Waals surface area contributed by atoms with Crippen molar-refractivity contribution in [3.8, 4) is 0 Å². The van der Waals surface area contributed by atoms with Crippen molar-refractivity contribution < 1.29 is 0 Å². The van der Waals surface area contributed by atoms with Gasteiger partial charge >= 0.3 is 0 Å². The fourth-order valence-corrected chi connectivity index (χ4v) is 2.81. The Balaban J connectivity index is 2.23. The minimum absolute atomic E-state index is 0.585. The lowest BCUT2D eigenvalue weighted by atomic mass is 9.92. The van der Waals surface area contributed by atoms with Crippen LogP contribution in [-0.2, 0) is 12.8 Å². The quantitative estimate of drug-likeness (QED) is 0.778. The van der Waals surface area contributed by atoms with Gasteiger partial charge in [0.25, 0.3) is 0 Å². The summed E-state index contributed by atoms with van der Waals surface area (Å²) in [5, 5.41) is 0. The van der Waals surface area contributed by atoms with Crippen molar-refractivity contribution in [2.45, 2.75) is 46.0 Å². The molecule has 1 aliphatic carbocycles. The summed E-state index contributed by atoms with van der Waals surface area (Å²) in [6.45, 7) is 5.34. The molecule has 1 nitrogen and oxygen atoms in total. The fraction of sp³-hybridized carbons (Fsp3) is 0.529. The van der Waals surface area contributed by atoms with Gasteiger partial charge in [-0.25, -0.2) is 0 Å². The number of nitrogens with two attached hydrogens (primary N) is 1. The maximum absolute atomic E-state index is 5.57. The lowest BCUT2D eigenvalue weighted by Crippen LogP contribution is -1.99. The van der Waals surface area contributed by atoms with Gasteiger partial charge in [-0.3, -0.25) is 0 Å². The van der Waals surface area contributed by atoms with Gasteiger partial charge in [0, 0.05) is 0 Å². The molecule has 0 heterocycles. The molecule has 0 aliphatic heterocycles. The molecule has 0 aromatic heterocycles. The van der Waals surface area contributed by atoms with Crippen LogP contribution in [0.1, 0.15) is 49.8 Å². The van der Waals surface area contributed by atoms with Crippen LogP contribution in [0.3, 0.4) is 0 Å². The van der Waals surface area contributed by atoms with Gasteiger partial charge in [0.15, 0.2) is 0 Å². The highest BCUT2D eigenvalue weighted by Gasteiger charge is 2.13. The molecule has 1 aromatic rings. The summed E-state index contributed by atoms with van der Waals surface area (Å²) < 4.78 is 0. The molecule has 0 atom stereocenters. The van der Waals surface area contributed by atoms with Crippen LogP contribution in [0.15, 0.2) is 24.3 Å². The summed E-state index contributed by atoms with van der Waals surface area (Å²) in [5.41, 5.74) is 11.6. The third-order valence-electron chi connectivity index (χ3n) is 3.83. The van der Waals surface area contributed by atoms with Gasteiger partial charge in [0.2, 0.25) is 0 Å². The van der Waals surface area contributed by atoms with Crippen LogP contribution in [0, 0.1) is 5.92 Å². The van der Waals surface area contributed by atoms with E-state index in [4.69, 9.17) is 5.73 Å². The molecular formula is C17H25N. The lowest BCUT2D eigenvalue weighted by Gasteiger charge is -2.14. The van der Waals surface area contributed by atoms with E-state index in [0.29, 0.717) is 5.92 Å². The highest BCUT2D eigenvalue weighted by atomic mass is 14.5. The van der Waals surface area contributed by atoms with Crippen molar-refractivity contribution in [2.24, 2.45) is 11.7 Å². The Kier molecular flexibility index (Phi) is 4.60. The number of benzene rings is 1. The van der Waals surface area contributed by atoms with E-state index in [1.807, 2.05) is 0 Å². The van der Waals surface area contributed by atoms with Crippen LogP contribution < -0.4 is 5.73 Å². The zero-order valence-corrected chi connectivity index (χ0v) is 11.7. The number of hydrogen-bond acceptors (Lipinski definition) is 1. The second-order valence-corrected chi connectivity index (χ2v) is 5.58. The Labute approximate surface area is 111 Å². The van der Waals surface area contributed by atoms with Crippen LogP contribution in [0.5, 0.6) is 0 Å². The second-order valence-electron chi connectivity index (χ2n) is 5.58. The third-order valence-corrected chi connectivity index (χ3v) is 3.83. The molecule has 0 spiro atoms. The van der Waals surface area contributed by atoms with Crippen molar-refractivity contribution in [3.63, 3.8) is 0 Å². The maximum atomic E-state index is 5.57. The smallest absolute Gasteiger partial charge is 0.00743 e. The molecule has 18 heavy (non-hydrogen) atoms. The molecule has 0 unspecified atom stereocenters. The molecule has 1 aromatic carbocycles. The zero-order chi connectivity index (χ0) is 13.0. The van der Waals surface area contributed by atoms with Gasteiger partial charge in [-0.2, -0.15) is 0 Å². The van der Waals surface area contributed by atoms with Gasteiger partial charge in [-0.05, 0) is 66.8 Å². The van der Waals surface area contributed by atoms with Crippen LogP contribution in [0.2, 0.25) is 0 Å². The number of unbranched alkanes of at least 4 members (excludes halogenated alkanes) is 1. The summed E-state index contributed by atoms with van der Waals surface area (Å²) in [7, 11) is 0. The zero-order valence-electron chi connectivity index (χ0n) is 11.7. The van der Waals surface area contributed by atoms with Crippen LogP contribution in [-0.4, -0.2) is 6.54 Å². The topological polar surface area (TPSA) is 26.0 Å². The molecule has 98 valence electrons.